The van der Waals surface area contributed by atoms with E-state index in [4.69, 9.17) is 10.5 Å². The first kappa shape index (κ1) is 17.3. The third-order valence-corrected chi connectivity index (χ3v) is 4.25. The fourth-order valence-corrected chi connectivity index (χ4v) is 2.85. The third kappa shape index (κ3) is 5.25. The molecule has 0 heterocycles. The zero-order chi connectivity index (χ0) is 16.7. The highest BCUT2D eigenvalue weighted by Gasteiger charge is 2.25. The number of hydrogen-bond donors (Lipinski definition) is 3. The molecule has 2 amide bonds. The van der Waals surface area contributed by atoms with Crippen LogP contribution in [0.4, 0.5) is 0 Å². The van der Waals surface area contributed by atoms with E-state index < -0.39 is 0 Å². The van der Waals surface area contributed by atoms with Crippen molar-refractivity contribution in [2.24, 2.45) is 11.7 Å². The lowest BCUT2D eigenvalue weighted by atomic mass is 10.00. The van der Waals surface area contributed by atoms with Gasteiger partial charge in [-0.05, 0) is 43.0 Å². The first-order valence-electron chi connectivity index (χ1n) is 8.04. The molecule has 0 aliphatic heterocycles. The third-order valence-electron chi connectivity index (χ3n) is 4.25. The molecular formula is C17H25N3O3. The summed E-state index contributed by atoms with van der Waals surface area (Å²) in [6, 6.07) is 7.03. The van der Waals surface area contributed by atoms with Gasteiger partial charge < -0.3 is 21.1 Å². The highest BCUT2D eigenvalue weighted by molar-refractivity contribution is 5.94. The maximum Gasteiger partial charge on any atom is 0.251 e. The first-order chi connectivity index (χ1) is 11.1. The molecule has 1 fully saturated rings. The lowest BCUT2D eigenvalue weighted by Crippen LogP contribution is -2.36. The Balaban J connectivity index is 1.64. The SMILES string of the molecule is COc1ccc(C(=O)NCCNC(=O)C[C@@H]2CCC[C@H]2N)cc1. The molecule has 0 aromatic heterocycles. The molecule has 0 unspecified atom stereocenters. The molecular weight excluding hydrogens is 294 g/mol. The van der Waals surface area contributed by atoms with Crippen LogP contribution in [0.25, 0.3) is 0 Å². The molecule has 1 saturated carbocycles. The van der Waals surface area contributed by atoms with Gasteiger partial charge in [-0.3, -0.25) is 9.59 Å². The monoisotopic (exact) mass is 319 g/mol. The smallest absolute Gasteiger partial charge is 0.251 e. The second-order valence-electron chi connectivity index (χ2n) is 5.89. The maximum absolute atomic E-state index is 11.9. The van der Waals surface area contributed by atoms with E-state index in [0.717, 1.165) is 19.3 Å². The number of nitrogens with one attached hydrogen (secondary N) is 2. The van der Waals surface area contributed by atoms with E-state index in [1.165, 1.54) is 0 Å². The van der Waals surface area contributed by atoms with Gasteiger partial charge in [0.1, 0.15) is 5.75 Å². The summed E-state index contributed by atoms with van der Waals surface area (Å²) >= 11 is 0. The summed E-state index contributed by atoms with van der Waals surface area (Å²) in [6.07, 6.45) is 3.63. The number of ether oxygens (including phenoxy) is 1. The van der Waals surface area contributed by atoms with Crippen molar-refractivity contribution in [2.75, 3.05) is 20.2 Å². The molecule has 0 saturated heterocycles. The molecule has 1 aliphatic rings. The van der Waals surface area contributed by atoms with E-state index in [2.05, 4.69) is 10.6 Å². The van der Waals surface area contributed by atoms with Crippen molar-refractivity contribution >= 4 is 11.8 Å². The molecule has 0 bridgehead atoms. The number of nitrogens with two attached hydrogens (primary N) is 1. The number of carbonyl (C=O) groups is 2. The molecule has 1 aromatic rings. The largest absolute Gasteiger partial charge is 0.497 e. The van der Waals surface area contributed by atoms with Gasteiger partial charge in [0.05, 0.1) is 7.11 Å². The van der Waals surface area contributed by atoms with E-state index in [0.29, 0.717) is 36.7 Å². The zero-order valence-electron chi connectivity index (χ0n) is 13.5. The lowest BCUT2D eigenvalue weighted by Gasteiger charge is -2.14. The van der Waals surface area contributed by atoms with Crippen LogP contribution in [0.1, 0.15) is 36.0 Å². The Labute approximate surface area is 136 Å². The van der Waals surface area contributed by atoms with Crippen LogP contribution in [-0.2, 0) is 4.79 Å². The Morgan fingerprint density at radius 2 is 1.87 bits per heavy atom. The van der Waals surface area contributed by atoms with Crippen LogP contribution in [-0.4, -0.2) is 38.1 Å². The summed E-state index contributed by atoms with van der Waals surface area (Å²) in [5.74, 6) is 0.841. The van der Waals surface area contributed by atoms with E-state index >= 15 is 0 Å². The van der Waals surface area contributed by atoms with Crippen molar-refractivity contribution in [2.45, 2.75) is 31.7 Å². The van der Waals surface area contributed by atoms with E-state index in [9.17, 15) is 9.59 Å². The molecule has 6 heteroatoms. The van der Waals surface area contributed by atoms with Gasteiger partial charge in [0.15, 0.2) is 0 Å². The number of carbonyl (C=O) groups excluding carboxylic acids is 2. The van der Waals surface area contributed by atoms with Gasteiger partial charge in [0, 0.05) is 31.1 Å². The van der Waals surface area contributed by atoms with Crippen molar-refractivity contribution in [1.29, 1.82) is 0 Å². The van der Waals surface area contributed by atoms with Crippen molar-refractivity contribution in [3.63, 3.8) is 0 Å². The van der Waals surface area contributed by atoms with Gasteiger partial charge in [0.2, 0.25) is 5.91 Å². The Morgan fingerprint density at radius 1 is 1.17 bits per heavy atom. The van der Waals surface area contributed by atoms with Crippen molar-refractivity contribution in [1.82, 2.24) is 10.6 Å². The maximum atomic E-state index is 11.9. The predicted octanol–water partition coefficient (Wildman–Crippen LogP) is 1.06. The Hall–Kier alpha value is -2.08. The fraction of sp³-hybridized carbons (Fsp3) is 0.529. The van der Waals surface area contributed by atoms with Crippen LogP contribution in [0.5, 0.6) is 5.75 Å². The standard InChI is InChI=1S/C17H25N3O3/c1-23-14-7-5-12(6-8-14)17(22)20-10-9-19-16(21)11-13-3-2-4-15(13)18/h5-8,13,15H,2-4,9-11,18H2,1H3,(H,19,21)(H,20,22)/t13-,15+/m0/s1. The number of benzene rings is 1. The highest BCUT2D eigenvalue weighted by Crippen LogP contribution is 2.26. The molecule has 0 radical (unpaired) electrons. The van der Waals surface area contributed by atoms with Crippen LogP contribution in [0, 0.1) is 5.92 Å². The summed E-state index contributed by atoms with van der Waals surface area (Å²) in [6.45, 7) is 0.815. The average molecular weight is 319 g/mol. The van der Waals surface area contributed by atoms with Crippen molar-refractivity contribution < 1.29 is 14.3 Å². The molecule has 126 valence electrons. The molecule has 2 rings (SSSR count). The fourth-order valence-electron chi connectivity index (χ4n) is 2.85. The average Bonchev–Trinajstić information content (AvgIpc) is 2.96. The van der Waals surface area contributed by atoms with Crippen LogP contribution < -0.4 is 21.1 Å². The summed E-state index contributed by atoms with van der Waals surface area (Å²) in [5, 5.41) is 5.60. The number of rotatable bonds is 7. The van der Waals surface area contributed by atoms with Gasteiger partial charge in [-0.15, -0.1) is 0 Å². The van der Waals surface area contributed by atoms with Gasteiger partial charge in [-0.1, -0.05) is 6.42 Å². The van der Waals surface area contributed by atoms with Gasteiger partial charge in [-0.2, -0.15) is 0 Å². The summed E-state index contributed by atoms with van der Waals surface area (Å²) in [4.78, 5) is 23.8. The molecule has 2 atom stereocenters. The zero-order valence-corrected chi connectivity index (χ0v) is 13.5. The summed E-state index contributed by atoms with van der Waals surface area (Å²) < 4.78 is 5.05. The minimum Gasteiger partial charge on any atom is -0.497 e. The second-order valence-corrected chi connectivity index (χ2v) is 5.89. The molecule has 4 N–H and O–H groups in total. The van der Waals surface area contributed by atoms with Gasteiger partial charge in [-0.25, -0.2) is 0 Å². The summed E-state index contributed by atoms with van der Waals surface area (Å²) in [5.41, 5.74) is 6.52. The number of methoxy groups -OCH3 is 1. The summed E-state index contributed by atoms with van der Waals surface area (Å²) in [7, 11) is 1.58. The Kier molecular flexibility index (Phi) is 6.40. The van der Waals surface area contributed by atoms with E-state index in [-0.39, 0.29) is 17.9 Å². The van der Waals surface area contributed by atoms with Crippen molar-refractivity contribution in [3.05, 3.63) is 29.8 Å². The normalized spacial score (nSPS) is 20.1. The quantitative estimate of drug-likeness (QED) is 0.655. The number of hydrogen-bond acceptors (Lipinski definition) is 4. The Bertz CT molecular complexity index is 530. The predicted molar refractivity (Wildman–Crippen MR) is 88.3 cm³/mol. The molecule has 23 heavy (non-hydrogen) atoms. The van der Waals surface area contributed by atoms with Gasteiger partial charge >= 0.3 is 0 Å². The Morgan fingerprint density at radius 3 is 2.48 bits per heavy atom. The van der Waals surface area contributed by atoms with E-state index in [1.54, 1.807) is 31.4 Å². The van der Waals surface area contributed by atoms with Crippen LogP contribution in [0.2, 0.25) is 0 Å². The topological polar surface area (TPSA) is 93.5 Å². The molecule has 1 aliphatic carbocycles. The molecule has 1 aromatic carbocycles. The van der Waals surface area contributed by atoms with Gasteiger partial charge in [0.25, 0.3) is 5.91 Å². The first-order valence-corrected chi connectivity index (χ1v) is 8.04. The number of amides is 2. The minimum absolute atomic E-state index is 0.00560. The highest BCUT2D eigenvalue weighted by atomic mass is 16.5. The molecule has 6 nitrogen and oxygen atoms in total. The van der Waals surface area contributed by atoms with Crippen LogP contribution >= 0.6 is 0 Å². The van der Waals surface area contributed by atoms with Crippen LogP contribution in [0.3, 0.4) is 0 Å². The minimum atomic E-state index is -0.167. The van der Waals surface area contributed by atoms with Crippen molar-refractivity contribution in [3.8, 4) is 5.75 Å². The van der Waals surface area contributed by atoms with Crippen LogP contribution in [0.15, 0.2) is 24.3 Å². The lowest BCUT2D eigenvalue weighted by molar-refractivity contribution is -0.122. The van der Waals surface area contributed by atoms with E-state index in [1.807, 2.05) is 0 Å². The second kappa shape index (κ2) is 8.53. The molecule has 0 spiro atoms.